The Hall–Kier alpha value is -2.82. The Morgan fingerprint density at radius 1 is 0.952 bits per heavy atom. The minimum absolute atomic E-state index is 0.0242. The van der Waals surface area contributed by atoms with Crippen LogP contribution in [0.25, 0.3) is 0 Å². The van der Waals surface area contributed by atoms with Crippen molar-refractivity contribution in [2.45, 2.75) is 6.92 Å². The molecule has 0 amide bonds. The molecule has 5 heteroatoms. The lowest BCUT2D eigenvalue weighted by molar-refractivity contribution is 0.0520. The Labute approximate surface area is 121 Å². The van der Waals surface area contributed by atoms with Gasteiger partial charge in [0.1, 0.15) is 22.6 Å². The predicted octanol–water partition coefficient (Wildman–Crippen LogP) is 2.79. The van der Waals surface area contributed by atoms with E-state index in [0.717, 1.165) is 0 Å². The van der Waals surface area contributed by atoms with E-state index in [1.54, 1.807) is 31.2 Å². The molecule has 0 bridgehead atoms. The van der Waals surface area contributed by atoms with Crippen LogP contribution < -0.4 is 4.74 Å². The van der Waals surface area contributed by atoms with Crippen molar-refractivity contribution in [1.29, 1.82) is 0 Å². The average Bonchev–Trinajstić information content (AvgIpc) is 2.48. The first kappa shape index (κ1) is 14.6. The highest BCUT2D eigenvalue weighted by Gasteiger charge is 2.18. The van der Waals surface area contributed by atoms with E-state index < -0.39 is 11.9 Å². The first-order valence-electron chi connectivity index (χ1n) is 6.39. The summed E-state index contributed by atoms with van der Waals surface area (Å²) in [4.78, 5) is 23.8. The van der Waals surface area contributed by atoms with Crippen LogP contribution >= 0.6 is 0 Å². The molecule has 2 aromatic carbocycles. The molecule has 1 N–H and O–H groups in total. The Morgan fingerprint density at radius 2 is 1.57 bits per heavy atom. The highest BCUT2D eigenvalue weighted by Crippen LogP contribution is 2.23. The van der Waals surface area contributed by atoms with E-state index in [9.17, 15) is 14.7 Å². The first-order valence-corrected chi connectivity index (χ1v) is 6.39. The molecule has 108 valence electrons. The lowest BCUT2D eigenvalue weighted by atomic mass is 10.2. The Morgan fingerprint density at radius 3 is 2.24 bits per heavy atom. The maximum absolute atomic E-state index is 12.0. The van der Waals surface area contributed by atoms with Gasteiger partial charge in [0.15, 0.2) is 0 Å². The van der Waals surface area contributed by atoms with Gasteiger partial charge >= 0.3 is 11.9 Å². The lowest BCUT2D eigenvalue weighted by Gasteiger charge is -2.09. The molecule has 0 aliphatic heterocycles. The van der Waals surface area contributed by atoms with Gasteiger partial charge in [0.2, 0.25) is 0 Å². The summed E-state index contributed by atoms with van der Waals surface area (Å²) in [6, 6.07) is 12.3. The number of hydrogen-bond donors (Lipinski definition) is 1. The van der Waals surface area contributed by atoms with Crippen molar-refractivity contribution < 1.29 is 24.2 Å². The third-order valence-corrected chi connectivity index (χ3v) is 2.71. The summed E-state index contributed by atoms with van der Waals surface area (Å²) < 4.78 is 10.1. The summed E-state index contributed by atoms with van der Waals surface area (Å²) in [5, 5.41) is 9.63. The fourth-order valence-corrected chi connectivity index (χ4v) is 1.73. The highest BCUT2D eigenvalue weighted by atomic mass is 16.5. The maximum atomic E-state index is 12.0. The monoisotopic (exact) mass is 286 g/mol. The van der Waals surface area contributed by atoms with Crippen LogP contribution in [0.15, 0.2) is 48.5 Å². The second-order valence-electron chi connectivity index (χ2n) is 4.12. The minimum atomic E-state index is -0.746. The zero-order valence-corrected chi connectivity index (χ0v) is 11.4. The van der Waals surface area contributed by atoms with E-state index in [4.69, 9.17) is 9.47 Å². The normalized spacial score (nSPS) is 9.95. The van der Waals surface area contributed by atoms with Crippen LogP contribution in [0.3, 0.4) is 0 Å². The maximum Gasteiger partial charge on any atom is 0.347 e. The molecule has 0 aromatic heterocycles. The standard InChI is InChI=1S/C16H14O5/c1-2-20-15(18)12-8-4-6-10-14(12)21-16(19)11-7-3-5-9-13(11)17/h3-10,17H,2H2,1H3. The summed E-state index contributed by atoms with van der Waals surface area (Å²) in [5.74, 6) is -1.41. The summed E-state index contributed by atoms with van der Waals surface area (Å²) >= 11 is 0. The molecule has 0 heterocycles. The van der Waals surface area contributed by atoms with E-state index in [-0.39, 0.29) is 29.2 Å². The van der Waals surface area contributed by atoms with Gasteiger partial charge in [-0.05, 0) is 31.2 Å². The molecule has 0 spiro atoms. The van der Waals surface area contributed by atoms with Gasteiger partial charge in [0, 0.05) is 0 Å². The van der Waals surface area contributed by atoms with Crippen molar-refractivity contribution >= 4 is 11.9 Å². The van der Waals surface area contributed by atoms with Crippen LogP contribution in [0.2, 0.25) is 0 Å². The molecule has 0 saturated heterocycles. The molecule has 2 rings (SSSR count). The number of hydrogen-bond acceptors (Lipinski definition) is 5. The van der Waals surface area contributed by atoms with Gasteiger partial charge in [-0.2, -0.15) is 0 Å². The average molecular weight is 286 g/mol. The molecule has 2 aromatic rings. The number of phenols is 1. The van der Waals surface area contributed by atoms with Crippen LogP contribution in [0, 0.1) is 0 Å². The topological polar surface area (TPSA) is 72.8 Å². The minimum Gasteiger partial charge on any atom is -0.507 e. The number of carbonyl (C=O) groups is 2. The molecule has 5 nitrogen and oxygen atoms in total. The fraction of sp³-hybridized carbons (Fsp3) is 0.125. The van der Waals surface area contributed by atoms with Crippen molar-refractivity contribution in [2.24, 2.45) is 0 Å². The number of aromatic hydroxyl groups is 1. The van der Waals surface area contributed by atoms with E-state index >= 15 is 0 Å². The van der Waals surface area contributed by atoms with Gasteiger partial charge in [0.25, 0.3) is 0 Å². The SMILES string of the molecule is CCOC(=O)c1ccccc1OC(=O)c1ccccc1O. The Balaban J connectivity index is 2.26. The number of rotatable bonds is 4. The number of benzene rings is 2. The van der Waals surface area contributed by atoms with E-state index in [1.165, 1.54) is 24.3 Å². The third-order valence-electron chi connectivity index (χ3n) is 2.71. The van der Waals surface area contributed by atoms with Crippen molar-refractivity contribution in [1.82, 2.24) is 0 Å². The summed E-state index contributed by atoms with van der Waals surface area (Å²) in [7, 11) is 0. The molecule has 0 aliphatic carbocycles. The zero-order chi connectivity index (χ0) is 15.2. The molecular formula is C16H14O5. The third kappa shape index (κ3) is 3.39. The number of esters is 2. The number of phenolic OH excluding ortho intramolecular Hbond substituents is 1. The Bertz CT molecular complexity index is 663. The molecule has 0 atom stereocenters. The quantitative estimate of drug-likeness (QED) is 0.691. The van der Waals surface area contributed by atoms with Gasteiger partial charge in [-0.3, -0.25) is 0 Å². The summed E-state index contributed by atoms with van der Waals surface area (Å²) in [6.45, 7) is 1.91. The van der Waals surface area contributed by atoms with Crippen LogP contribution in [-0.4, -0.2) is 23.7 Å². The molecule has 0 fully saturated rings. The van der Waals surface area contributed by atoms with Crippen LogP contribution in [0.4, 0.5) is 0 Å². The highest BCUT2D eigenvalue weighted by molar-refractivity contribution is 5.97. The van der Waals surface area contributed by atoms with Crippen LogP contribution in [0.1, 0.15) is 27.6 Å². The number of ether oxygens (including phenoxy) is 2. The smallest absolute Gasteiger partial charge is 0.347 e. The summed E-state index contributed by atoms with van der Waals surface area (Å²) in [5.41, 5.74) is 0.180. The van der Waals surface area contributed by atoms with Gasteiger partial charge < -0.3 is 14.6 Å². The molecule has 0 unspecified atom stereocenters. The molecule has 21 heavy (non-hydrogen) atoms. The molecular weight excluding hydrogens is 272 g/mol. The second kappa shape index (κ2) is 6.56. The number of para-hydroxylation sites is 2. The van der Waals surface area contributed by atoms with Gasteiger partial charge in [-0.1, -0.05) is 24.3 Å². The molecule has 0 saturated carbocycles. The van der Waals surface area contributed by atoms with E-state index in [1.807, 2.05) is 0 Å². The van der Waals surface area contributed by atoms with Crippen molar-refractivity contribution in [3.63, 3.8) is 0 Å². The predicted molar refractivity (Wildman–Crippen MR) is 75.5 cm³/mol. The lowest BCUT2D eigenvalue weighted by Crippen LogP contribution is -2.13. The fourth-order valence-electron chi connectivity index (χ4n) is 1.73. The van der Waals surface area contributed by atoms with Gasteiger partial charge in [-0.15, -0.1) is 0 Å². The van der Waals surface area contributed by atoms with Gasteiger partial charge in [-0.25, -0.2) is 9.59 Å². The van der Waals surface area contributed by atoms with Crippen LogP contribution in [0.5, 0.6) is 11.5 Å². The van der Waals surface area contributed by atoms with E-state index in [0.29, 0.717) is 0 Å². The zero-order valence-electron chi connectivity index (χ0n) is 11.4. The number of carbonyl (C=O) groups excluding carboxylic acids is 2. The molecule has 0 aliphatic rings. The van der Waals surface area contributed by atoms with E-state index in [2.05, 4.69) is 0 Å². The first-order chi connectivity index (χ1) is 10.1. The second-order valence-corrected chi connectivity index (χ2v) is 4.12. The van der Waals surface area contributed by atoms with Crippen LogP contribution in [-0.2, 0) is 4.74 Å². The Kier molecular flexibility index (Phi) is 4.56. The van der Waals surface area contributed by atoms with Crippen molar-refractivity contribution in [3.05, 3.63) is 59.7 Å². The van der Waals surface area contributed by atoms with Crippen molar-refractivity contribution in [3.8, 4) is 11.5 Å². The van der Waals surface area contributed by atoms with Gasteiger partial charge in [0.05, 0.1) is 6.61 Å². The van der Waals surface area contributed by atoms with Crippen molar-refractivity contribution in [2.75, 3.05) is 6.61 Å². The summed E-state index contributed by atoms with van der Waals surface area (Å²) in [6.07, 6.45) is 0. The molecule has 0 radical (unpaired) electrons. The largest absolute Gasteiger partial charge is 0.507 e.